The van der Waals surface area contributed by atoms with Crippen molar-refractivity contribution in [1.29, 1.82) is 0 Å². The highest BCUT2D eigenvalue weighted by molar-refractivity contribution is 7.13. The van der Waals surface area contributed by atoms with E-state index in [1.54, 1.807) is 6.07 Å². The molecule has 2 N–H and O–H groups in total. The van der Waals surface area contributed by atoms with Gasteiger partial charge in [0.25, 0.3) is 11.5 Å². The van der Waals surface area contributed by atoms with E-state index in [0.29, 0.717) is 5.69 Å². The van der Waals surface area contributed by atoms with Crippen molar-refractivity contribution in [2.24, 2.45) is 0 Å². The summed E-state index contributed by atoms with van der Waals surface area (Å²) in [7, 11) is 0. The number of hydroxylamine groups is 1. The Hall–Kier alpha value is -2.70. The molecule has 0 fully saturated rings. The molecule has 0 saturated carbocycles. The summed E-state index contributed by atoms with van der Waals surface area (Å²) < 4.78 is 0. The molecule has 0 radical (unpaired) electrons. The lowest BCUT2D eigenvalue weighted by atomic mass is 10.2. The second-order valence-electron chi connectivity index (χ2n) is 4.80. The van der Waals surface area contributed by atoms with Gasteiger partial charge in [-0.2, -0.15) is 0 Å². The summed E-state index contributed by atoms with van der Waals surface area (Å²) in [6.45, 7) is 0.234. The summed E-state index contributed by atoms with van der Waals surface area (Å²) in [5.74, 6) is -0.570. The molecule has 116 valence electrons. The van der Waals surface area contributed by atoms with Gasteiger partial charge >= 0.3 is 0 Å². The molecule has 6 heteroatoms. The molecule has 3 rings (SSSR count). The number of pyridine rings is 1. The van der Waals surface area contributed by atoms with Gasteiger partial charge in [0.2, 0.25) is 0 Å². The van der Waals surface area contributed by atoms with Gasteiger partial charge in [0.15, 0.2) is 0 Å². The Morgan fingerprint density at radius 2 is 1.91 bits per heavy atom. The zero-order valence-electron chi connectivity index (χ0n) is 12.1. The number of carbonyl (C=O) groups excluding carboxylic acids is 1. The number of hydrogen-bond donors (Lipinski definition) is 2. The number of amides is 1. The molecule has 2 aromatic heterocycles. The molecular formula is C17H14N2O3S. The highest BCUT2D eigenvalue weighted by Crippen LogP contribution is 2.21. The van der Waals surface area contributed by atoms with Gasteiger partial charge in [-0.15, -0.1) is 11.3 Å². The maximum atomic E-state index is 12.0. The van der Waals surface area contributed by atoms with Crippen molar-refractivity contribution in [3.8, 4) is 10.6 Å². The molecule has 0 aliphatic carbocycles. The number of hydrogen-bond acceptors (Lipinski definition) is 4. The Labute approximate surface area is 136 Å². The van der Waals surface area contributed by atoms with Gasteiger partial charge in [0, 0.05) is 0 Å². The Balaban J connectivity index is 1.64. The van der Waals surface area contributed by atoms with E-state index in [1.807, 2.05) is 47.8 Å². The summed E-state index contributed by atoms with van der Waals surface area (Å²) >= 11 is 1.52. The lowest BCUT2D eigenvalue weighted by Gasteiger charge is -2.06. The van der Waals surface area contributed by atoms with Crippen molar-refractivity contribution in [2.75, 3.05) is 0 Å². The summed E-state index contributed by atoms with van der Waals surface area (Å²) in [5.41, 5.74) is 3.46. The van der Waals surface area contributed by atoms with E-state index in [9.17, 15) is 9.59 Å². The van der Waals surface area contributed by atoms with Crippen LogP contribution in [0.4, 0.5) is 0 Å². The standard InChI is InChI=1S/C17H14N2O3S/c20-16-13(8-9-14(18-16)15-7-4-10-23-15)17(21)19-22-11-12-5-2-1-3-6-12/h1-10H,11H2,(H,18,20)(H,19,21). The average Bonchev–Trinajstić information content (AvgIpc) is 3.10. The number of rotatable bonds is 5. The molecule has 0 saturated heterocycles. The highest BCUT2D eigenvalue weighted by Gasteiger charge is 2.11. The third-order valence-electron chi connectivity index (χ3n) is 3.19. The second-order valence-corrected chi connectivity index (χ2v) is 5.75. The zero-order chi connectivity index (χ0) is 16.1. The maximum Gasteiger partial charge on any atom is 0.280 e. The number of aromatic amines is 1. The lowest BCUT2D eigenvalue weighted by molar-refractivity contribution is 0.0232. The van der Waals surface area contributed by atoms with E-state index >= 15 is 0 Å². The van der Waals surface area contributed by atoms with Crippen LogP contribution in [0.3, 0.4) is 0 Å². The molecule has 0 unspecified atom stereocenters. The van der Waals surface area contributed by atoms with Crippen molar-refractivity contribution in [2.45, 2.75) is 6.61 Å². The summed E-state index contributed by atoms with van der Waals surface area (Å²) in [4.78, 5) is 32.8. The Bertz CT molecular complexity index is 842. The smallest absolute Gasteiger partial charge is 0.280 e. The molecule has 23 heavy (non-hydrogen) atoms. The van der Waals surface area contributed by atoms with Crippen LogP contribution in [-0.2, 0) is 11.4 Å². The number of H-pyrrole nitrogens is 1. The minimum absolute atomic E-state index is 0.0124. The molecule has 0 aliphatic rings. The van der Waals surface area contributed by atoms with Gasteiger partial charge in [-0.3, -0.25) is 14.4 Å². The van der Waals surface area contributed by atoms with E-state index in [4.69, 9.17) is 4.84 Å². The van der Waals surface area contributed by atoms with E-state index in [-0.39, 0.29) is 12.2 Å². The predicted molar refractivity (Wildman–Crippen MR) is 89.1 cm³/mol. The molecule has 0 spiro atoms. The second kappa shape index (κ2) is 7.04. The molecule has 0 bridgehead atoms. The number of aromatic nitrogens is 1. The van der Waals surface area contributed by atoms with Gasteiger partial charge in [0.05, 0.1) is 17.2 Å². The SMILES string of the molecule is O=C(NOCc1ccccc1)c1ccc(-c2cccs2)[nH]c1=O. The molecule has 0 atom stereocenters. The summed E-state index contributed by atoms with van der Waals surface area (Å²) in [6, 6.07) is 16.4. The predicted octanol–water partition coefficient (Wildman–Crippen LogP) is 2.97. The van der Waals surface area contributed by atoms with Crippen LogP contribution >= 0.6 is 11.3 Å². The van der Waals surface area contributed by atoms with Crippen LogP contribution < -0.4 is 11.0 Å². The van der Waals surface area contributed by atoms with Crippen LogP contribution in [0, 0.1) is 0 Å². The number of carbonyl (C=O) groups is 1. The number of thiophene rings is 1. The Morgan fingerprint density at radius 1 is 1.09 bits per heavy atom. The largest absolute Gasteiger partial charge is 0.321 e. The van der Waals surface area contributed by atoms with Crippen LogP contribution in [0.2, 0.25) is 0 Å². The van der Waals surface area contributed by atoms with Crippen molar-refractivity contribution in [3.05, 3.63) is 81.5 Å². The fourth-order valence-electron chi connectivity index (χ4n) is 2.04. The van der Waals surface area contributed by atoms with Crippen molar-refractivity contribution in [1.82, 2.24) is 10.5 Å². The number of benzene rings is 1. The third-order valence-corrected chi connectivity index (χ3v) is 4.09. The van der Waals surface area contributed by atoms with E-state index in [0.717, 1.165) is 10.4 Å². The molecule has 1 aromatic carbocycles. The van der Waals surface area contributed by atoms with Crippen molar-refractivity contribution < 1.29 is 9.63 Å². The normalized spacial score (nSPS) is 10.4. The van der Waals surface area contributed by atoms with Crippen LogP contribution in [0.5, 0.6) is 0 Å². The molecule has 3 aromatic rings. The minimum Gasteiger partial charge on any atom is -0.321 e. The number of nitrogens with one attached hydrogen (secondary N) is 2. The minimum atomic E-state index is -0.570. The van der Waals surface area contributed by atoms with Crippen LogP contribution in [-0.4, -0.2) is 10.9 Å². The lowest BCUT2D eigenvalue weighted by Crippen LogP contribution is -2.29. The highest BCUT2D eigenvalue weighted by atomic mass is 32.1. The maximum absolute atomic E-state index is 12.0. The van der Waals surface area contributed by atoms with Gasteiger partial charge in [-0.05, 0) is 29.1 Å². The van der Waals surface area contributed by atoms with E-state index in [1.165, 1.54) is 17.4 Å². The monoisotopic (exact) mass is 326 g/mol. The van der Waals surface area contributed by atoms with E-state index in [2.05, 4.69) is 10.5 Å². The third kappa shape index (κ3) is 3.74. The first-order valence-corrected chi connectivity index (χ1v) is 7.85. The average molecular weight is 326 g/mol. The van der Waals surface area contributed by atoms with E-state index < -0.39 is 11.5 Å². The summed E-state index contributed by atoms with van der Waals surface area (Å²) in [6.07, 6.45) is 0. The van der Waals surface area contributed by atoms with Gasteiger partial charge in [0.1, 0.15) is 5.56 Å². The zero-order valence-corrected chi connectivity index (χ0v) is 12.9. The van der Waals surface area contributed by atoms with Crippen LogP contribution in [0.25, 0.3) is 10.6 Å². The van der Waals surface area contributed by atoms with Crippen molar-refractivity contribution >= 4 is 17.2 Å². The molecule has 2 heterocycles. The van der Waals surface area contributed by atoms with Crippen LogP contribution in [0.1, 0.15) is 15.9 Å². The van der Waals surface area contributed by atoms with Crippen LogP contribution in [0.15, 0.2) is 64.8 Å². The molecular weight excluding hydrogens is 312 g/mol. The Morgan fingerprint density at radius 3 is 2.61 bits per heavy atom. The summed E-state index contributed by atoms with van der Waals surface area (Å²) in [5, 5.41) is 1.92. The fraction of sp³-hybridized carbons (Fsp3) is 0.0588. The Kier molecular flexibility index (Phi) is 4.65. The van der Waals surface area contributed by atoms with Gasteiger partial charge < -0.3 is 4.98 Å². The van der Waals surface area contributed by atoms with Gasteiger partial charge in [-0.25, -0.2) is 5.48 Å². The molecule has 0 aliphatic heterocycles. The fourth-order valence-corrected chi connectivity index (χ4v) is 2.75. The first-order valence-electron chi connectivity index (χ1n) is 6.97. The van der Waals surface area contributed by atoms with Crippen molar-refractivity contribution in [3.63, 3.8) is 0 Å². The molecule has 5 nitrogen and oxygen atoms in total. The first-order chi connectivity index (χ1) is 11.2. The molecule has 1 amide bonds. The quantitative estimate of drug-likeness (QED) is 0.708. The first kappa shape index (κ1) is 15.2. The van der Waals surface area contributed by atoms with Gasteiger partial charge in [-0.1, -0.05) is 36.4 Å². The topological polar surface area (TPSA) is 71.2 Å².